The summed E-state index contributed by atoms with van der Waals surface area (Å²) in [4.78, 5) is 4.36. The maximum absolute atomic E-state index is 5.88. The molecule has 2 N–H and O–H groups in total. The molecule has 5 heteroatoms. The molecule has 0 saturated carbocycles. The summed E-state index contributed by atoms with van der Waals surface area (Å²) in [6.45, 7) is 0.551. The summed E-state index contributed by atoms with van der Waals surface area (Å²) in [5.74, 6) is 0.848. The van der Waals surface area contributed by atoms with Crippen LogP contribution in [0.3, 0.4) is 0 Å². The molecular weight excluding hydrogens is 324 g/mol. The third kappa shape index (κ3) is 3.96. The van der Waals surface area contributed by atoms with Gasteiger partial charge >= 0.3 is 0 Å². The molecule has 0 spiro atoms. The van der Waals surface area contributed by atoms with Crippen LogP contribution in [0, 0.1) is 0 Å². The van der Waals surface area contributed by atoms with E-state index < -0.39 is 0 Å². The number of methoxy groups -OCH3 is 1. The zero-order chi connectivity index (χ0) is 13.7. The Morgan fingerprint density at radius 1 is 1.37 bits per heavy atom. The van der Waals surface area contributed by atoms with Gasteiger partial charge in [-0.25, -0.2) is 4.98 Å². The van der Waals surface area contributed by atoms with Crippen molar-refractivity contribution >= 4 is 27.7 Å². The summed E-state index contributed by atoms with van der Waals surface area (Å²) in [6, 6.07) is 12.0. The summed E-state index contributed by atoms with van der Waals surface area (Å²) < 4.78 is 6.22. The summed E-state index contributed by atoms with van der Waals surface area (Å²) in [5.41, 5.74) is 7.02. The normalized spacial score (nSPS) is 12.2. The number of pyridine rings is 1. The molecule has 0 aliphatic heterocycles. The fraction of sp³-hybridized carbons (Fsp3) is 0.214. The number of ether oxygens (including phenoxy) is 1. The molecule has 1 atom stereocenters. The van der Waals surface area contributed by atoms with Crippen molar-refractivity contribution in [2.45, 2.75) is 10.3 Å². The maximum Gasteiger partial charge on any atom is 0.119 e. The molecule has 100 valence electrons. The molecule has 0 radical (unpaired) electrons. The lowest BCUT2D eigenvalue weighted by Gasteiger charge is -2.15. The quantitative estimate of drug-likeness (QED) is 0.845. The van der Waals surface area contributed by atoms with E-state index in [9.17, 15) is 0 Å². The van der Waals surface area contributed by atoms with E-state index >= 15 is 0 Å². The highest BCUT2D eigenvalue weighted by atomic mass is 79.9. The topological polar surface area (TPSA) is 48.1 Å². The molecule has 1 unspecified atom stereocenters. The van der Waals surface area contributed by atoms with Crippen molar-refractivity contribution in [2.75, 3.05) is 13.7 Å². The number of thioether (sulfide) groups is 1. The van der Waals surface area contributed by atoms with Crippen LogP contribution >= 0.6 is 27.7 Å². The average Bonchev–Trinajstić information content (AvgIpc) is 2.46. The fourth-order valence-corrected chi connectivity index (χ4v) is 2.84. The van der Waals surface area contributed by atoms with E-state index in [4.69, 9.17) is 10.5 Å². The van der Waals surface area contributed by atoms with Crippen LogP contribution in [0.25, 0.3) is 0 Å². The minimum Gasteiger partial charge on any atom is -0.497 e. The lowest BCUT2D eigenvalue weighted by atomic mass is 10.1. The van der Waals surface area contributed by atoms with Crippen LogP contribution in [0.4, 0.5) is 0 Å². The van der Waals surface area contributed by atoms with Gasteiger partial charge in [0.2, 0.25) is 0 Å². The van der Waals surface area contributed by atoms with E-state index in [1.807, 2.05) is 30.3 Å². The van der Waals surface area contributed by atoms with Crippen molar-refractivity contribution in [3.8, 4) is 5.75 Å². The van der Waals surface area contributed by atoms with Crippen molar-refractivity contribution in [2.24, 2.45) is 5.73 Å². The monoisotopic (exact) mass is 338 g/mol. The first-order valence-electron chi connectivity index (χ1n) is 5.85. The summed E-state index contributed by atoms with van der Waals surface area (Å²) in [5, 5.41) is 1.13. The molecular formula is C14H15BrN2OS. The molecule has 0 aliphatic carbocycles. The molecule has 0 bridgehead atoms. The van der Waals surface area contributed by atoms with Crippen molar-refractivity contribution in [1.29, 1.82) is 0 Å². The molecule has 0 saturated heterocycles. The SMILES string of the molecule is COc1cccc(C(CN)Sc2ccc(Br)cn2)c1. The van der Waals surface area contributed by atoms with E-state index in [0.29, 0.717) is 6.54 Å². The molecule has 1 aromatic heterocycles. The second kappa shape index (κ2) is 6.93. The second-order valence-corrected chi connectivity index (χ2v) is 6.07. The molecule has 0 aliphatic rings. The van der Waals surface area contributed by atoms with Gasteiger partial charge in [0.25, 0.3) is 0 Å². The Labute approximate surface area is 125 Å². The van der Waals surface area contributed by atoms with Crippen molar-refractivity contribution in [3.05, 3.63) is 52.6 Å². The van der Waals surface area contributed by atoms with Crippen LogP contribution < -0.4 is 10.5 Å². The number of nitrogens with zero attached hydrogens (tertiary/aromatic N) is 1. The maximum atomic E-state index is 5.88. The summed E-state index contributed by atoms with van der Waals surface area (Å²) in [6.07, 6.45) is 1.79. The van der Waals surface area contributed by atoms with Crippen LogP contribution in [0.5, 0.6) is 5.75 Å². The third-order valence-electron chi connectivity index (χ3n) is 2.64. The second-order valence-electron chi connectivity index (χ2n) is 3.93. The van der Waals surface area contributed by atoms with Crippen LogP contribution in [-0.4, -0.2) is 18.6 Å². The molecule has 19 heavy (non-hydrogen) atoms. The highest BCUT2D eigenvalue weighted by Crippen LogP contribution is 2.34. The van der Waals surface area contributed by atoms with E-state index in [-0.39, 0.29) is 5.25 Å². The number of benzene rings is 1. The van der Waals surface area contributed by atoms with Crippen molar-refractivity contribution in [1.82, 2.24) is 4.98 Å². The lowest BCUT2D eigenvalue weighted by Crippen LogP contribution is -2.09. The van der Waals surface area contributed by atoms with Gasteiger partial charge in [-0.15, -0.1) is 0 Å². The minimum atomic E-state index is 0.170. The number of rotatable bonds is 5. The van der Waals surface area contributed by atoms with Gasteiger partial charge in [-0.1, -0.05) is 23.9 Å². The number of halogens is 1. The summed E-state index contributed by atoms with van der Waals surface area (Å²) >= 11 is 5.04. The molecule has 2 aromatic rings. The van der Waals surface area contributed by atoms with Crippen LogP contribution in [0.15, 0.2) is 52.1 Å². The van der Waals surface area contributed by atoms with E-state index in [1.165, 1.54) is 0 Å². The molecule has 0 amide bonds. The molecule has 1 heterocycles. The zero-order valence-electron chi connectivity index (χ0n) is 10.5. The van der Waals surface area contributed by atoms with Crippen LogP contribution in [0.1, 0.15) is 10.8 Å². The molecule has 1 aromatic carbocycles. The van der Waals surface area contributed by atoms with Gasteiger partial charge < -0.3 is 10.5 Å². The van der Waals surface area contributed by atoms with Crippen molar-refractivity contribution < 1.29 is 4.74 Å². The Balaban J connectivity index is 2.17. The van der Waals surface area contributed by atoms with Gasteiger partial charge in [-0.05, 0) is 45.8 Å². The van der Waals surface area contributed by atoms with Crippen LogP contribution in [0.2, 0.25) is 0 Å². The van der Waals surface area contributed by atoms with Gasteiger partial charge in [-0.3, -0.25) is 0 Å². The largest absolute Gasteiger partial charge is 0.497 e. The Morgan fingerprint density at radius 3 is 2.84 bits per heavy atom. The number of hydrogen-bond acceptors (Lipinski definition) is 4. The number of nitrogens with two attached hydrogens (primary N) is 1. The highest BCUT2D eigenvalue weighted by molar-refractivity contribution is 9.10. The Hall–Kier alpha value is -1.04. The Morgan fingerprint density at radius 2 is 2.21 bits per heavy atom. The van der Waals surface area contributed by atoms with E-state index in [2.05, 4.69) is 27.0 Å². The highest BCUT2D eigenvalue weighted by Gasteiger charge is 2.13. The molecule has 3 nitrogen and oxygen atoms in total. The average molecular weight is 339 g/mol. The number of hydrogen-bond donors (Lipinski definition) is 1. The Kier molecular flexibility index (Phi) is 5.24. The Bertz CT molecular complexity index is 533. The fourth-order valence-electron chi connectivity index (χ4n) is 1.67. The molecule has 2 rings (SSSR count). The predicted octanol–water partition coefficient (Wildman–Crippen LogP) is 3.64. The molecule has 0 fully saturated rings. The first-order chi connectivity index (χ1) is 9.22. The number of aromatic nitrogens is 1. The smallest absolute Gasteiger partial charge is 0.119 e. The van der Waals surface area contributed by atoms with Gasteiger partial charge in [0.15, 0.2) is 0 Å². The van der Waals surface area contributed by atoms with Gasteiger partial charge in [0.1, 0.15) is 5.75 Å². The third-order valence-corrected chi connectivity index (χ3v) is 4.34. The van der Waals surface area contributed by atoms with Crippen molar-refractivity contribution in [3.63, 3.8) is 0 Å². The lowest BCUT2D eigenvalue weighted by molar-refractivity contribution is 0.414. The van der Waals surface area contributed by atoms with Gasteiger partial charge in [0.05, 0.1) is 12.1 Å². The summed E-state index contributed by atoms with van der Waals surface area (Å²) in [7, 11) is 1.67. The van der Waals surface area contributed by atoms with Gasteiger partial charge in [-0.2, -0.15) is 0 Å². The minimum absolute atomic E-state index is 0.170. The van der Waals surface area contributed by atoms with Crippen LogP contribution in [-0.2, 0) is 0 Å². The van der Waals surface area contributed by atoms with E-state index in [1.54, 1.807) is 25.1 Å². The first-order valence-corrected chi connectivity index (χ1v) is 7.52. The van der Waals surface area contributed by atoms with E-state index in [0.717, 1.165) is 20.8 Å². The van der Waals surface area contributed by atoms with Gasteiger partial charge in [0, 0.05) is 22.5 Å². The standard InChI is InChI=1S/C14H15BrN2OS/c1-18-12-4-2-3-10(7-12)13(8-16)19-14-6-5-11(15)9-17-14/h2-7,9,13H,8,16H2,1H3. The predicted molar refractivity (Wildman–Crippen MR) is 82.6 cm³/mol. The first kappa shape index (κ1) is 14.4. The zero-order valence-corrected chi connectivity index (χ0v) is 12.9.